The highest BCUT2D eigenvalue weighted by molar-refractivity contribution is 7.08. The Bertz CT molecular complexity index is 752. The third-order valence-corrected chi connectivity index (χ3v) is 3.61. The molecule has 124 valence electrons. The van der Waals surface area contributed by atoms with Crippen LogP contribution in [-0.4, -0.2) is 31.6 Å². The van der Waals surface area contributed by atoms with Gasteiger partial charge in [-0.25, -0.2) is 9.59 Å². The number of nitrogens with one attached hydrogen (secondary N) is 1. The summed E-state index contributed by atoms with van der Waals surface area (Å²) >= 11 is 1.51. The fraction of sp³-hybridized carbons (Fsp3) is 0.118. The molecule has 1 amide bonds. The van der Waals surface area contributed by atoms with Crippen molar-refractivity contribution in [1.29, 1.82) is 0 Å². The van der Waals surface area contributed by atoms with Gasteiger partial charge in [-0.2, -0.15) is 11.3 Å². The van der Waals surface area contributed by atoms with E-state index in [9.17, 15) is 14.4 Å². The molecule has 1 N–H and O–H groups in total. The van der Waals surface area contributed by atoms with Crippen molar-refractivity contribution in [2.75, 3.05) is 19.0 Å². The Morgan fingerprint density at radius 1 is 1.21 bits per heavy atom. The number of methoxy groups -OCH3 is 1. The van der Waals surface area contributed by atoms with Crippen LogP contribution >= 0.6 is 11.3 Å². The Labute approximate surface area is 142 Å². The molecule has 6 nitrogen and oxygen atoms in total. The summed E-state index contributed by atoms with van der Waals surface area (Å²) in [4.78, 5) is 35.0. The zero-order valence-electron chi connectivity index (χ0n) is 12.9. The lowest BCUT2D eigenvalue weighted by Gasteiger charge is -2.09. The lowest BCUT2D eigenvalue weighted by atomic mass is 10.2. The Morgan fingerprint density at radius 2 is 2.00 bits per heavy atom. The maximum Gasteiger partial charge on any atom is 0.339 e. The minimum Gasteiger partial charge on any atom is -0.465 e. The maximum absolute atomic E-state index is 11.9. The lowest BCUT2D eigenvalue weighted by molar-refractivity contribution is -0.142. The van der Waals surface area contributed by atoms with E-state index in [1.165, 1.54) is 30.6 Å². The molecule has 0 aliphatic carbocycles. The highest BCUT2D eigenvalue weighted by Gasteiger charge is 2.13. The van der Waals surface area contributed by atoms with Crippen molar-refractivity contribution in [2.45, 2.75) is 0 Å². The van der Waals surface area contributed by atoms with Crippen LogP contribution in [0.5, 0.6) is 0 Å². The summed E-state index contributed by atoms with van der Waals surface area (Å²) in [6.45, 7) is -0.456. The van der Waals surface area contributed by atoms with Crippen LogP contribution in [0.1, 0.15) is 15.9 Å². The molecule has 1 aromatic heterocycles. The van der Waals surface area contributed by atoms with E-state index in [0.29, 0.717) is 5.69 Å². The van der Waals surface area contributed by atoms with E-state index in [1.54, 1.807) is 24.3 Å². The van der Waals surface area contributed by atoms with Gasteiger partial charge >= 0.3 is 11.9 Å². The smallest absolute Gasteiger partial charge is 0.339 e. The first-order chi connectivity index (χ1) is 11.6. The van der Waals surface area contributed by atoms with Gasteiger partial charge in [-0.15, -0.1) is 0 Å². The third kappa shape index (κ3) is 5.06. The van der Waals surface area contributed by atoms with Gasteiger partial charge < -0.3 is 14.8 Å². The Hall–Kier alpha value is -2.93. The first-order valence-electron chi connectivity index (χ1n) is 6.94. The first kappa shape index (κ1) is 17.4. The average molecular weight is 345 g/mol. The monoisotopic (exact) mass is 345 g/mol. The second-order valence-electron chi connectivity index (χ2n) is 4.58. The molecular formula is C17H15NO5S. The molecule has 0 saturated carbocycles. The number of carbonyl (C=O) groups is 3. The molecule has 0 unspecified atom stereocenters. The van der Waals surface area contributed by atoms with Gasteiger partial charge in [-0.3, -0.25) is 4.79 Å². The molecule has 0 saturated heterocycles. The standard InChI is InChI=1S/C17H15NO5S/c1-22-17(21)13-4-2-3-5-14(13)18-15(19)10-23-16(20)7-6-12-8-9-24-11-12/h2-9,11H,10H2,1H3,(H,18,19)/b7-6+. The molecule has 0 bridgehead atoms. The van der Waals surface area contributed by atoms with Crippen LogP contribution in [0.2, 0.25) is 0 Å². The Morgan fingerprint density at radius 3 is 2.71 bits per heavy atom. The Kier molecular flexibility index (Phi) is 6.27. The summed E-state index contributed by atoms with van der Waals surface area (Å²) in [5, 5.41) is 6.27. The number of carbonyl (C=O) groups excluding carboxylic acids is 3. The molecule has 2 aromatic rings. The van der Waals surface area contributed by atoms with Crippen molar-refractivity contribution >= 4 is 40.9 Å². The molecule has 0 aliphatic heterocycles. The number of anilines is 1. The molecular weight excluding hydrogens is 330 g/mol. The van der Waals surface area contributed by atoms with Crippen LogP contribution in [-0.2, 0) is 19.1 Å². The van der Waals surface area contributed by atoms with Crippen LogP contribution in [0.3, 0.4) is 0 Å². The molecule has 0 fully saturated rings. The summed E-state index contributed by atoms with van der Waals surface area (Å²) < 4.78 is 9.49. The van der Waals surface area contributed by atoms with Crippen molar-refractivity contribution in [3.05, 3.63) is 58.3 Å². The second kappa shape index (κ2) is 8.64. The normalized spacial score (nSPS) is 10.4. The minimum atomic E-state index is -0.627. The number of esters is 2. The van der Waals surface area contributed by atoms with Gasteiger partial charge in [0.2, 0.25) is 0 Å². The molecule has 24 heavy (non-hydrogen) atoms. The van der Waals surface area contributed by atoms with Crippen molar-refractivity contribution in [1.82, 2.24) is 0 Å². The predicted octanol–water partition coefficient (Wildman–Crippen LogP) is 2.73. The lowest BCUT2D eigenvalue weighted by Crippen LogP contribution is -2.21. The summed E-state index contributed by atoms with van der Waals surface area (Å²) in [5.74, 6) is -1.75. The van der Waals surface area contributed by atoms with Crippen LogP contribution in [0.25, 0.3) is 6.08 Å². The molecule has 0 aliphatic rings. The zero-order valence-corrected chi connectivity index (χ0v) is 13.7. The third-order valence-electron chi connectivity index (χ3n) is 2.91. The number of para-hydroxylation sites is 1. The quantitative estimate of drug-likeness (QED) is 0.643. The summed E-state index contributed by atoms with van der Waals surface area (Å²) in [6.07, 6.45) is 2.85. The van der Waals surface area contributed by atoms with E-state index in [-0.39, 0.29) is 5.56 Å². The highest BCUT2D eigenvalue weighted by atomic mass is 32.1. The van der Waals surface area contributed by atoms with Crippen LogP contribution in [0.4, 0.5) is 5.69 Å². The summed E-state index contributed by atoms with van der Waals surface area (Å²) in [6, 6.07) is 8.25. The SMILES string of the molecule is COC(=O)c1ccccc1NC(=O)COC(=O)/C=C/c1ccsc1. The topological polar surface area (TPSA) is 81.7 Å². The molecule has 1 heterocycles. The molecule has 0 atom stereocenters. The number of amides is 1. The van der Waals surface area contributed by atoms with E-state index in [1.807, 2.05) is 16.8 Å². The van der Waals surface area contributed by atoms with E-state index >= 15 is 0 Å². The second-order valence-corrected chi connectivity index (χ2v) is 5.36. The van der Waals surface area contributed by atoms with Gasteiger partial charge in [0.1, 0.15) is 0 Å². The van der Waals surface area contributed by atoms with Gasteiger partial charge in [-0.05, 0) is 40.6 Å². The number of hydrogen-bond acceptors (Lipinski definition) is 6. The fourth-order valence-corrected chi connectivity index (χ4v) is 2.41. The number of ether oxygens (including phenoxy) is 2. The first-order valence-corrected chi connectivity index (χ1v) is 7.88. The van der Waals surface area contributed by atoms with Crippen molar-refractivity contribution in [3.8, 4) is 0 Å². The fourth-order valence-electron chi connectivity index (χ4n) is 1.79. The average Bonchev–Trinajstić information content (AvgIpc) is 3.11. The summed E-state index contributed by atoms with van der Waals surface area (Å²) in [5.41, 5.74) is 1.39. The maximum atomic E-state index is 11.9. The minimum absolute atomic E-state index is 0.219. The largest absolute Gasteiger partial charge is 0.465 e. The van der Waals surface area contributed by atoms with Crippen LogP contribution < -0.4 is 5.32 Å². The predicted molar refractivity (Wildman–Crippen MR) is 90.7 cm³/mol. The molecule has 0 spiro atoms. The van der Waals surface area contributed by atoms with E-state index in [0.717, 1.165) is 5.56 Å². The van der Waals surface area contributed by atoms with Gasteiger partial charge in [0.25, 0.3) is 5.91 Å². The molecule has 2 rings (SSSR count). The van der Waals surface area contributed by atoms with Crippen LogP contribution in [0, 0.1) is 0 Å². The van der Waals surface area contributed by atoms with Gasteiger partial charge in [-0.1, -0.05) is 12.1 Å². The van der Waals surface area contributed by atoms with E-state index < -0.39 is 24.5 Å². The zero-order chi connectivity index (χ0) is 17.4. The molecule has 0 radical (unpaired) electrons. The van der Waals surface area contributed by atoms with Gasteiger partial charge in [0.15, 0.2) is 6.61 Å². The number of hydrogen-bond donors (Lipinski definition) is 1. The summed E-state index contributed by atoms with van der Waals surface area (Å²) in [7, 11) is 1.25. The Balaban J connectivity index is 1.87. The highest BCUT2D eigenvalue weighted by Crippen LogP contribution is 2.15. The van der Waals surface area contributed by atoms with Crippen molar-refractivity contribution in [3.63, 3.8) is 0 Å². The van der Waals surface area contributed by atoms with Crippen molar-refractivity contribution in [2.24, 2.45) is 0 Å². The molecule has 7 heteroatoms. The number of rotatable bonds is 6. The van der Waals surface area contributed by atoms with Gasteiger partial charge in [0.05, 0.1) is 18.4 Å². The molecule has 1 aromatic carbocycles. The van der Waals surface area contributed by atoms with E-state index in [2.05, 4.69) is 10.1 Å². The van der Waals surface area contributed by atoms with E-state index in [4.69, 9.17) is 4.74 Å². The van der Waals surface area contributed by atoms with Crippen molar-refractivity contribution < 1.29 is 23.9 Å². The van der Waals surface area contributed by atoms with Crippen LogP contribution in [0.15, 0.2) is 47.2 Å². The number of benzene rings is 1. The van der Waals surface area contributed by atoms with Gasteiger partial charge in [0, 0.05) is 6.08 Å². The number of thiophene rings is 1.